The van der Waals surface area contributed by atoms with Crippen LogP contribution in [-0.4, -0.2) is 47.9 Å². The van der Waals surface area contributed by atoms with Gasteiger partial charge in [0.2, 0.25) is 0 Å². The molecule has 1 aliphatic rings. The van der Waals surface area contributed by atoms with Crippen LogP contribution in [0.2, 0.25) is 0 Å². The summed E-state index contributed by atoms with van der Waals surface area (Å²) in [5.74, 6) is -2.31. The van der Waals surface area contributed by atoms with E-state index in [2.05, 4.69) is 0 Å². The first-order valence-electron chi connectivity index (χ1n) is 8.41. The molecule has 0 saturated carbocycles. The van der Waals surface area contributed by atoms with Crippen molar-refractivity contribution < 1.29 is 33.7 Å². The first kappa shape index (κ1) is 18.6. The van der Waals surface area contributed by atoms with Crippen LogP contribution in [0.15, 0.2) is 60.7 Å². The largest absolute Gasteiger partial charge is 0.479 e. The van der Waals surface area contributed by atoms with Gasteiger partial charge < -0.3 is 19.3 Å². The molecule has 1 saturated heterocycles. The van der Waals surface area contributed by atoms with Gasteiger partial charge in [0.05, 0.1) is 11.1 Å². The second-order valence-electron chi connectivity index (χ2n) is 6.01. The third-order valence-corrected chi connectivity index (χ3v) is 4.13. The standard InChI is InChI=1S/C20H18O7/c21-18(22)16-11-15(27-20(24)14-9-5-2-6-10-14)17(26-16)12-25-19(23)13-7-3-1-4-8-13/h1-10,15-17H,11-12H2,(H,21,22)/t15-,16-,17+/m0/s1. The average Bonchev–Trinajstić information content (AvgIpc) is 3.10. The number of carbonyl (C=O) groups is 3. The highest BCUT2D eigenvalue weighted by Gasteiger charge is 2.42. The summed E-state index contributed by atoms with van der Waals surface area (Å²) in [4.78, 5) is 35.5. The lowest BCUT2D eigenvalue weighted by atomic mass is 10.1. The lowest BCUT2D eigenvalue weighted by Crippen LogP contribution is -2.32. The molecule has 2 aromatic rings. The van der Waals surface area contributed by atoms with Crippen molar-refractivity contribution in [3.05, 3.63) is 71.8 Å². The van der Waals surface area contributed by atoms with Gasteiger partial charge in [-0.1, -0.05) is 36.4 Å². The molecule has 140 valence electrons. The highest BCUT2D eigenvalue weighted by Crippen LogP contribution is 2.25. The van der Waals surface area contributed by atoms with E-state index < -0.39 is 36.2 Å². The molecule has 1 fully saturated rings. The van der Waals surface area contributed by atoms with Gasteiger partial charge >= 0.3 is 17.9 Å². The van der Waals surface area contributed by atoms with Gasteiger partial charge in [0.1, 0.15) is 18.8 Å². The zero-order chi connectivity index (χ0) is 19.2. The quantitative estimate of drug-likeness (QED) is 0.779. The maximum Gasteiger partial charge on any atom is 0.338 e. The molecule has 27 heavy (non-hydrogen) atoms. The topological polar surface area (TPSA) is 99.1 Å². The first-order valence-corrected chi connectivity index (χ1v) is 8.41. The maximum atomic E-state index is 12.2. The maximum absolute atomic E-state index is 12.2. The molecule has 2 aromatic carbocycles. The Kier molecular flexibility index (Phi) is 5.83. The second kappa shape index (κ2) is 8.46. The third kappa shape index (κ3) is 4.71. The number of ether oxygens (including phenoxy) is 3. The minimum Gasteiger partial charge on any atom is -0.479 e. The average molecular weight is 370 g/mol. The fourth-order valence-corrected chi connectivity index (χ4v) is 2.74. The van der Waals surface area contributed by atoms with Crippen LogP contribution in [0.3, 0.4) is 0 Å². The van der Waals surface area contributed by atoms with E-state index in [0.29, 0.717) is 11.1 Å². The van der Waals surface area contributed by atoms with E-state index in [1.54, 1.807) is 60.7 Å². The third-order valence-electron chi connectivity index (χ3n) is 4.13. The number of rotatable bonds is 6. The summed E-state index contributed by atoms with van der Waals surface area (Å²) in [5, 5.41) is 9.18. The molecular formula is C20H18O7. The van der Waals surface area contributed by atoms with Crippen LogP contribution in [0.1, 0.15) is 27.1 Å². The monoisotopic (exact) mass is 370 g/mol. The van der Waals surface area contributed by atoms with E-state index in [1.165, 1.54) is 0 Å². The second-order valence-corrected chi connectivity index (χ2v) is 6.01. The molecule has 0 aliphatic carbocycles. The summed E-state index contributed by atoms with van der Waals surface area (Å²) in [6.45, 7) is -0.218. The molecule has 0 unspecified atom stereocenters. The Morgan fingerprint density at radius 1 is 0.926 bits per heavy atom. The Labute approximate surface area is 155 Å². The van der Waals surface area contributed by atoms with E-state index in [0.717, 1.165) is 0 Å². The lowest BCUT2D eigenvalue weighted by Gasteiger charge is -2.19. The van der Waals surface area contributed by atoms with E-state index in [4.69, 9.17) is 14.2 Å². The van der Waals surface area contributed by atoms with E-state index >= 15 is 0 Å². The van der Waals surface area contributed by atoms with Gasteiger partial charge in [-0.3, -0.25) is 0 Å². The van der Waals surface area contributed by atoms with Crippen molar-refractivity contribution in [2.45, 2.75) is 24.7 Å². The molecule has 3 rings (SSSR count). The molecule has 1 N–H and O–H groups in total. The normalized spacial score (nSPS) is 21.4. The zero-order valence-electron chi connectivity index (χ0n) is 14.3. The van der Waals surface area contributed by atoms with Crippen LogP contribution >= 0.6 is 0 Å². The van der Waals surface area contributed by atoms with Crippen molar-refractivity contribution in [1.82, 2.24) is 0 Å². The zero-order valence-corrected chi connectivity index (χ0v) is 14.3. The number of carboxylic acid groups (broad SMARTS) is 1. The Hall–Kier alpha value is -3.19. The number of carboxylic acids is 1. The molecule has 7 heteroatoms. The first-order chi connectivity index (χ1) is 13.0. The molecule has 0 aromatic heterocycles. The predicted molar refractivity (Wildman–Crippen MR) is 93.3 cm³/mol. The number of esters is 2. The Morgan fingerprint density at radius 3 is 2.04 bits per heavy atom. The van der Waals surface area contributed by atoms with Crippen molar-refractivity contribution in [2.24, 2.45) is 0 Å². The minimum absolute atomic E-state index is 0.0124. The molecule has 0 bridgehead atoms. The smallest absolute Gasteiger partial charge is 0.338 e. The van der Waals surface area contributed by atoms with Crippen molar-refractivity contribution in [3.63, 3.8) is 0 Å². The molecule has 3 atom stereocenters. The number of benzene rings is 2. The van der Waals surface area contributed by atoms with Crippen LogP contribution in [0, 0.1) is 0 Å². The van der Waals surface area contributed by atoms with E-state index in [1.807, 2.05) is 0 Å². The van der Waals surface area contributed by atoms with Gasteiger partial charge in [0.15, 0.2) is 6.10 Å². The lowest BCUT2D eigenvalue weighted by molar-refractivity contribution is -0.150. The van der Waals surface area contributed by atoms with E-state index in [-0.39, 0.29) is 13.0 Å². The summed E-state index contributed by atoms with van der Waals surface area (Å²) in [6.07, 6.45) is -2.82. The number of carbonyl (C=O) groups excluding carboxylic acids is 2. The number of hydrogen-bond acceptors (Lipinski definition) is 6. The van der Waals surface area contributed by atoms with Crippen LogP contribution in [0.5, 0.6) is 0 Å². The Morgan fingerprint density at radius 2 is 1.48 bits per heavy atom. The minimum atomic E-state index is -1.16. The van der Waals surface area contributed by atoms with E-state index in [9.17, 15) is 19.5 Å². The molecule has 7 nitrogen and oxygen atoms in total. The highest BCUT2D eigenvalue weighted by atomic mass is 16.6. The Balaban J connectivity index is 1.64. The van der Waals surface area contributed by atoms with Gasteiger partial charge in [-0.25, -0.2) is 14.4 Å². The van der Waals surface area contributed by atoms with Crippen molar-refractivity contribution in [1.29, 1.82) is 0 Å². The summed E-state index contributed by atoms with van der Waals surface area (Å²) >= 11 is 0. The SMILES string of the molecule is O=C(OC[C@H]1O[C@H](C(=O)O)C[C@@H]1OC(=O)c1ccccc1)c1ccccc1. The summed E-state index contributed by atoms with van der Waals surface area (Å²) in [7, 11) is 0. The van der Waals surface area contributed by atoms with Gasteiger partial charge in [-0.2, -0.15) is 0 Å². The highest BCUT2D eigenvalue weighted by molar-refractivity contribution is 5.90. The molecular weight excluding hydrogens is 352 g/mol. The van der Waals surface area contributed by atoms with Gasteiger partial charge in [-0.15, -0.1) is 0 Å². The van der Waals surface area contributed by atoms with Crippen molar-refractivity contribution >= 4 is 17.9 Å². The fourth-order valence-electron chi connectivity index (χ4n) is 2.74. The number of aliphatic carboxylic acids is 1. The van der Waals surface area contributed by atoms with Gasteiger partial charge in [0.25, 0.3) is 0 Å². The number of hydrogen-bond donors (Lipinski definition) is 1. The molecule has 1 heterocycles. The fraction of sp³-hybridized carbons (Fsp3) is 0.250. The van der Waals surface area contributed by atoms with Crippen LogP contribution in [-0.2, 0) is 19.0 Å². The van der Waals surface area contributed by atoms with Crippen LogP contribution in [0.4, 0.5) is 0 Å². The molecule has 0 radical (unpaired) electrons. The summed E-state index contributed by atoms with van der Waals surface area (Å²) < 4.78 is 16.0. The summed E-state index contributed by atoms with van der Waals surface area (Å²) in [5.41, 5.74) is 0.708. The van der Waals surface area contributed by atoms with Crippen molar-refractivity contribution in [3.8, 4) is 0 Å². The molecule has 0 amide bonds. The van der Waals surface area contributed by atoms with Crippen LogP contribution < -0.4 is 0 Å². The molecule has 0 spiro atoms. The molecule has 1 aliphatic heterocycles. The van der Waals surface area contributed by atoms with Crippen molar-refractivity contribution in [2.75, 3.05) is 6.61 Å². The summed E-state index contributed by atoms with van der Waals surface area (Å²) in [6, 6.07) is 16.7. The van der Waals surface area contributed by atoms with Gasteiger partial charge in [-0.05, 0) is 24.3 Å². The predicted octanol–water partition coefficient (Wildman–Crippen LogP) is 2.31. The Bertz CT molecular complexity index is 804. The van der Waals surface area contributed by atoms with Gasteiger partial charge in [0, 0.05) is 6.42 Å². The van der Waals surface area contributed by atoms with Crippen LogP contribution in [0.25, 0.3) is 0 Å².